The summed E-state index contributed by atoms with van der Waals surface area (Å²) in [5.41, 5.74) is 1.27. The van der Waals surface area contributed by atoms with Gasteiger partial charge in [-0.25, -0.2) is 0 Å². The second-order valence-electron chi connectivity index (χ2n) is 3.66. The summed E-state index contributed by atoms with van der Waals surface area (Å²) in [5, 5.41) is 30.7. The molecule has 1 aliphatic heterocycles. The Morgan fingerprint density at radius 3 is 2.75 bits per heavy atom. The molecule has 1 aromatic rings. The van der Waals surface area contributed by atoms with Gasteiger partial charge in [-0.1, -0.05) is 15.9 Å². The van der Waals surface area contributed by atoms with Crippen LogP contribution in [0.4, 0.5) is 0 Å². The van der Waals surface area contributed by atoms with Crippen LogP contribution in [-0.4, -0.2) is 27.3 Å². The molecule has 0 saturated heterocycles. The average molecular weight is 288 g/mol. The van der Waals surface area contributed by atoms with Gasteiger partial charge in [-0.2, -0.15) is 0 Å². The number of phenols is 2. The first kappa shape index (κ1) is 11.2. The summed E-state index contributed by atoms with van der Waals surface area (Å²) in [6, 6.07) is 0.714. The maximum Gasteiger partial charge on any atom is 0.321 e. The lowest BCUT2D eigenvalue weighted by atomic mass is 9.95. The molecule has 0 aromatic heterocycles. The third kappa shape index (κ3) is 1.74. The zero-order chi connectivity index (χ0) is 11.9. The van der Waals surface area contributed by atoms with Crippen molar-refractivity contribution in [1.29, 1.82) is 0 Å². The van der Waals surface area contributed by atoms with Gasteiger partial charge in [-0.15, -0.1) is 0 Å². The number of benzene rings is 1. The number of carboxylic acid groups (broad SMARTS) is 1. The lowest BCUT2D eigenvalue weighted by Crippen LogP contribution is -2.41. The highest BCUT2D eigenvalue weighted by atomic mass is 79.9. The van der Waals surface area contributed by atoms with Gasteiger partial charge in [-0.3, -0.25) is 10.1 Å². The lowest BCUT2D eigenvalue weighted by Gasteiger charge is -2.25. The van der Waals surface area contributed by atoms with Gasteiger partial charge in [0, 0.05) is 23.0 Å². The minimum atomic E-state index is -0.926. The van der Waals surface area contributed by atoms with Crippen molar-refractivity contribution in [2.45, 2.75) is 19.0 Å². The van der Waals surface area contributed by atoms with Gasteiger partial charge in [0.05, 0.1) is 0 Å². The minimum Gasteiger partial charge on any atom is -0.504 e. The number of phenolic OH excluding ortho intramolecular Hbond substituents is 2. The predicted molar refractivity (Wildman–Crippen MR) is 59.4 cm³/mol. The molecular weight excluding hydrogens is 278 g/mol. The Morgan fingerprint density at radius 1 is 1.44 bits per heavy atom. The molecule has 0 spiro atoms. The van der Waals surface area contributed by atoms with Crippen LogP contribution in [0.3, 0.4) is 0 Å². The fourth-order valence-corrected chi connectivity index (χ4v) is 2.42. The van der Waals surface area contributed by atoms with Crippen molar-refractivity contribution in [2.24, 2.45) is 0 Å². The molecule has 6 heteroatoms. The van der Waals surface area contributed by atoms with Crippen molar-refractivity contribution < 1.29 is 20.1 Å². The van der Waals surface area contributed by atoms with E-state index in [1.54, 1.807) is 0 Å². The molecule has 86 valence electrons. The number of aromatic hydroxyl groups is 2. The zero-order valence-electron chi connectivity index (χ0n) is 8.20. The van der Waals surface area contributed by atoms with Crippen molar-refractivity contribution in [1.82, 2.24) is 5.32 Å². The van der Waals surface area contributed by atoms with Crippen LogP contribution in [0.2, 0.25) is 0 Å². The number of aliphatic carboxylic acids is 1. The SMILES string of the molecule is O=C(O)[C@@H]1Cc2c(Br)cc(O)c(O)c2CN1. The van der Waals surface area contributed by atoms with Crippen LogP contribution in [-0.2, 0) is 17.8 Å². The van der Waals surface area contributed by atoms with Crippen molar-refractivity contribution in [2.75, 3.05) is 0 Å². The van der Waals surface area contributed by atoms with Gasteiger partial charge in [0.15, 0.2) is 11.5 Å². The van der Waals surface area contributed by atoms with Crippen LogP contribution in [0.25, 0.3) is 0 Å². The van der Waals surface area contributed by atoms with Gasteiger partial charge in [0.25, 0.3) is 0 Å². The number of hydrogen-bond acceptors (Lipinski definition) is 4. The summed E-state index contributed by atoms with van der Waals surface area (Å²) in [4.78, 5) is 10.8. The van der Waals surface area contributed by atoms with Gasteiger partial charge >= 0.3 is 5.97 Å². The van der Waals surface area contributed by atoms with Crippen molar-refractivity contribution >= 4 is 21.9 Å². The third-order valence-electron chi connectivity index (χ3n) is 2.68. The Bertz CT molecular complexity index is 461. The average Bonchev–Trinajstić information content (AvgIpc) is 2.25. The zero-order valence-corrected chi connectivity index (χ0v) is 9.78. The molecule has 0 radical (unpaired) electrons. The number of halogens is 1. The second-order valence-corrected chi connectivity index (χ2v) is 4.51. The molecule has 1 aliphatic rings. The molecule has 1 atom stereocenters. The molecule has 0 unspecified atom stereocenters. The Morgan fingerprint density at radius 2 is 2.12 bits per heavy atom. The Balaban J connectivity index is 2.46. The maximum atomic E-state index is 10.8. The van der Waals surface area contributed by atoms with Crippen LogP contribution in [0.5, 0.6) is 11.5 Å². The van der Waals surface area contributed by atoms with Crippen LogP contribution in [0.15, 0.2) is 10.5 Å². The molecular formula is C10H10BrNO4. The van der Waals surface area contributed by atoms with E-state index in [2.05, 4.69) is 21.2 Å². The monoisotopic (exact) mass is 287 g/mol. The summed E-state index contributed by atoms with van der Waals surface area (Å²) < 4.78 is 0.616. The van der Waals surface area contributed by atoms with E-state index < -0.39 is 12.0 Å². The van der Waals surface area contributed by atoms with Crippen LogP contribution >= 0.6 is 15.9 Å². The van der Waals surface area contributed by atoms with Gasteiger partial charge in [0.1, 0.15) is 6.04 Å². The van der Waals surface area contributed by atoms with E-state index in [1.165, 1.54) is 6.07 Å². The number of rotatable bonds is 1. The van der Waals surface area contributed by atoms with E-state index in [9.17, 15) is 15.0 Å². The number of carboxylic acids is 1. The Hall–Kier alpha value is -1.27. The highest BCUT2D eigenvalue weighted by Gasteiger charge is 2.28. The minimum absolute atomic E-state index is 0.186. The highest BCUT2D eigenvalue weighted by molar-refractivity contribution is 9.10. The predicted octanol–water partition coefficient (Wildman–Crippen LogP) is 0.959. The third-order valence-corrected chi connectivity index (χ3v) is 3.38. The van der Waals surface area contributed by atoms with Gasteiger partial charge < -0.3 is 15.3 Å². The first-order valence-electron chi connectivity index (χ1n) is 4.69. The molecule has 16 heavy (non-hydrogen) atoms. The van der Waals surface area contributed by atoms with E-state index in [0.717, 1.165) is 5.56 Å². The van der Waals surface area contributed by atoms with Crippen LogP contribution in [0.1, 0.15) is 11.1 Å². The fourth-order valence-electron chi connectivity index (χ4n) is 1.80. The molecule has 0 saturated carbocycles. The van der Waals surface area contributed by atoms with Crippen molar-refractivity contribution in [3.05, 3.63) is 21.7 Å². The Kier molecular flexibility index (Phi) is 2.77. The number of fused-ring (bicyclic) bond motifs is 1. The number of nitrogens with one attached hydrogen (secondary N) is 1. The summed E-state index contributed by atoms with van der Waals surface area (Å²) in [6.45, 7) is 0.227. The molecule has 0 fully saturated rings. The first-order chi connectivity index (χ1) is 7.50. The summed E-state index contributed by atoms with van der Waals surface area (Å²) in [5.74, 6) is -1.32. The van der Waals surface area contributed by atoms with Crippen molar-refractivity contribution in [3.8, 4) is 11.5 Å². The molecule has 5 nitrogen and oxygen atoms in total. The normalized spacial score (nSPS) is 19.2. The molecule has 1 aromatic carbocycles. The smallest absolute Gasteiger partial charge is 0.321 e. The Labute approximate surface area is 99.8 Å². The van der Waals surface area contributed by atoms with Crippen molar-refractivity contribution in [3.63, 3.8) is 0 Å². The van der Waals surface area contributed by atoms with E-state index in [-0.39, 0.29) is 24.5 Å². The van der Waals surface area contributed by atoms with Gasteiger partial charge in [-0.05, 0) is 11.6 Å². The first-order valence-corrected chi connectivity index (χ1v) is 5.48. The molecule has 1 heterocycles. The topological polar surface area (TPSA) is 89.8 Å². The molecule has 0 aliphatic carbocycles. The van der Waals surface area contributed by atoms with Gasteiger partial charge in [0.2, 0.25) is 0 Å². The lowest BCUT2D eigenvalue weighted by molar-refractivity contribution is -0.139. The summed E-state index contributed by atoms with van der Waals surface area (Å²) in [6.07, 6.45) is 0.277. The van der Waals surface area contributed by atoms with E-state index >= 15 is 0 Å². The molecule has 0 bridgehead atoms. The number of carbonyl (C=O) groups is 1. The van der Waals surface area contributed by atoms with Crippen LogP contribution < -0.4 is 5.32 Å². The molecule has 2 rings (SSSR count). The molecule has 4 N–H and O–H groups in total. The second kappa shape index (κ2) is 3.95. The van der Waals surface area contributed by atoms with Crippen LogP contribution in [0, 0.1) is 0 Å². The quantitative estimate of drug-likeness (QED) is 0.578. The molecule has 0 amide bonds. The van der Waals surface area contributed by atoms with E-state index in [0.29, 0.717) is 10.0 Å². The fraction of sp³-hybridized carbons (Fsp3) is 0.300. The largest absolute Gasteiger partial charge is 0.504 e. The standard InChI is InChI=1S/C10H10BrNO4/c11-6-2-8(13)9(14)5-3-12-7(10(15)16)1-4(5)6/h2,7,12-14H,1,3H2,(H,15,16)/t7-/m0/s1. The van der Waals surface area contributed by atoms with E-state index in [4.69, 9.17) is 5.11 Å². The summed E-state index contributed by atoms with van der Waals surface area (Å²) in [7, 11) is 0. The van der Waals surface area contributed by atoms with E-state index in [1.807, 2.05) is 0 Å². The maximum absolute atomic E-state index is 10.8. The highest BCUT2D eigenvalue weighted by Crippen LogP contribution is 2.38. The number of hydrogen-bond donors (Lipinski definition) is 4. The summed E-state index contributed by atoms with van der Waals surface area (Å²) >= 11 is 3.25.